The highest BCUT2D eigenvalue weighted by Crippen LogP contribution is 2.21. The molecule has 114 valence electrons. The van der Waals surface area contributed by atoms with Gasteiger partial charge < -0.3 is 10.4 Å². The largest absolute Gasteiger partial charge is 0.478 e. The van der Waals surface area contributed by atoms with E-state index in [2.05, 4.69) is 5.32 Å². The van der Waals surface area contributed by atoms with E-state index in [9.17, 15) is 9.59 Å². The van der Waals surface area contributed by atoms with Crippen molar-refractivity contribution in [2.24, 2.45) is 0 Å². The minimum absolute atomic E-state index is 0.0253. The molecule has 0 aliphatic rings. The molecule has 0 aromatic heterocycles. The molecule has 0 spiro atoms. The van der Waals surface area contributed by atoms with Crippen LogP contribution >= 0.6 is 0 Å². The number of hydrogen-bond acceptors (Lipinski definition) is 2. The Bertz CT molecular complexity index is 660. The quantitative estimate of drug-likeness (QED) is 0.891. The smallest absolute Gasteiger partial charge is 0.335 e. The zero-order valence-corrected chi connectivity index (χ0v) is 12.7. The predicted molar refractivity (Wildman–Crippen MR) is 85.8 cm³/mol. The Hall–Kier alpha value is -2.62. The molecule has 0 fully saturated rings. The molecule has 1 unspecified atom stereocenters. The monoisotopic (exact) mass is 297 g/mol. The van der Waals surface area contributed by atoms with Crippen LogP contribution in [0.25, 0.3) is 11.1 Å². The second kappa shape index (κ2) is 6.89. The normalized spacial score (nSPS) is 11.7. The van der Waals surface area contributed by atoms with Crippen LogP contribution < -0.4 is 5.32 Å². The number of amides is 1. The van der Waals surface area contributed by atoms with Gasteiger partial charge in [0.15, 0.2) is 0 Å². The summed E-state index contributed by atoms with van der Waals surface area (Å²) in [6.45, 7) is 3.49. The van der Waals surface area contributed by atoms with Gasteiger partial charge in [-0.05, 0) is 42.2 Å². The van der Waals surface area contributed by atoms with Crippen LogP contribution in [0.1, 0.15) is 29.8 Å². The Morgan fingerprint density at radius 1 is 1.00 bits per heavy atom. The summed E-state index contributed by atoms with van der Waals surface area (Å²) >= 11 is 0. The van der Waals surface area contributed by atoms with Crippen LogP contribution in [-0.2, 0) is 11.2 Å². The van der Waals surface area contributed by atoms with Crippen molar-refractivity contribution in [2.75, 3.05) is 0 Å². The molecule has 2 rings (SSSR count). The lowest BCUT2D eigenvalue weighted by molar-refractivity contribution is -0.119. The molecule has 4 heteroatoms. The van der Waals surface area contributed by atoms with E-state index in [1.54, 1.807) is 24.3 Å². The zero-order valence-electron chi connectivity index (χ0n) is 12.7. The van der Waals surface area contributed by atoms with Crippen molar-refractivity contribution >= 4 is 11.9 Å². The lowest BCUT2D eigenvalue weighted by Crippen LogP contribution is -2.31. The molecule has 22 heavy (non-hydrogen) atoms. The van der Waals surface area contributed by atoms with Crippen molar-refractivity contribution < 1.29 is 14.7 Å². The number of hydrogen-bond donors (Lipinski definition) is 2. The number of carbonyl (C=O) groups excluding carboxylic acids is 1. The number of rotatable bonds is 5. The summed E-state index contributed by atoms with van der Waals surface area (Å²) in [5.74, 6) is -0.948. The molecule has 2 N–H and O–H groups in total. The standard InChI is InChI=1S/C18H19NO3/c1-12(19-13(2)20)11-14-3-5-15(6-4-14)16-7-9-17(10-8-16)18(21)22/h3-10,12H,11H2,1-2H3,(H,19,20)(H,21,22). The summed E-state index contributed by atoms with van der Waals surface area (Å²) in [6.07, 6.45) is 0.776. The van der Waals surface area contributed by atoms with Gasteiger partial charge in [0.25, 0.3) is 0 Å². The van der Waals surface area contributed by atoms with Crippen LogP contribution in [0.5, 0.6) is 0 Å². The van der Waals surface area contributed by atoms with E-state index in [0.29, 0.717) is 0 Å². The first-order chi connectivity index (χ1) is 10.5. The summed E-state index contributed by atoms with van der Waals surface area (Å²) < 4.78 is 0. The van der Waals surface area contributed by atoms with E-state index < -0.39 is 5.97 Å². The van der Waals surface area contributed by atoms with Gasteiger partial charge in [-0.1, -0.05) is 36.4 Å². The number of carboxylic acid groups (broad SMARTS) is 1. The minimum atomic E-state index is -0.922. The first kappa shape index (κ1) is 15.8. The van der Waals surface area contributed by atoms with Gasteiger partial charge in [-0.15, -0.1) is 0 Å². The van der Waals surface area contributed by atoms with Crippen molar-refractivity contribution in [2.45, 2.75) is 26.3 Å². The minimum Gasteiger partial charge on any atom is -0.478 e. The SMILES string of the molecule is CC(=O)NC(C)Cc1ccc(-c2ccc(C(=O)O)cc2)cc1. The molecule has 2 aromatic rings. The lowest BCUT2D eigenvalue weighted by Gasteiger charge is -2.12. The number of carboxylic acids is 1. The Morgan fingerprint density at radius 3 is 1.95 bits per heavy atom. The van der Waals surface area contributed by atoms with Gasteiger partial charge in [0.1, 0.15) is 0 Å². The van der Waals surface area contributed by atoms with Crippen molar-refractivity contribution in [1.82, 2.24) is 5.32 Å². The van der Waals surface area contributed by atoms with Crippen LogP contribution in [0.4, 0.5) is 0 Å². The fourth-order valence-electron chi connectivity index (χ4n) is 2.39. The van der Waals surface area contributed by atoms with Crippen LogP contribution in [0, 0.1) is 0 Å². The topological polar surface area (TPSA) is 66.4 Å². The third-order valence-electron chi connectivity index (χ3n) is 3.41. The Kier molecular flexibility index (Phi) is 4.94. The number of nitrogens with one attached hydrogen (secondary N) is 1. The van der Waals surface area contributed by atoms with Crippen LogP contribution in [-0.4, -0.2) is 23.0 Å². The fraction of sp³-hybridized carbons (Fsp3) is 0.222. The second-order valence-electron chi connectivity index (χ2n) is 5.39. The molecule has 2 aromatic carbocycles. The van der Waals surface area contributed by atoms with Gasteiger partial charge in [0.2, 0.25) is 5.91 Å². The van der Waals surface area contributed by atoms with E-state index in [4.69, 9.17) is 5.11 Å². The Balaban J connectivity index is 2.08. The molecular weight excluding hydrogens is 278 g/mol. The van der Waals surface area contributed by atoms with Gasteiger partial charge in [-0.25, -0.2) is 4.79 Å². The van der Waals surface area contributed by atoms with Crippen molar-refractivity contribution in [1.29, 1.82) is 0 Å². The number of aromatic carboxylic acids is 1. The first-order valence-corrected chi connectivity index (χ1v) is 7.15. The van der Waals surface area contributed by atoms with Crippen LogP contribution in [0.3, 0.4) is 0 Å². The molecule has 1 amide bonds. The highest BCUT2D eigenvalue weighted by molar-refractivity contribution is 5.88. The van der Waals surface area contributed by atoms with Gasteiger partial charge >= 0.3 is 5.97 Å². The third kappa shape index (κ3) is 4.19. The van der Waals surface area contributed by atoms with E-state index in [0.717, 1.165) is 23.1 Å². The maximum atomic E-state index is 11.0. The molecule has 0 radical (unpaired) electrons. The molecule has 0 heterocycles. The van der Waals surface area contributed by atoms with Gasteiger partial charge in [-0.2, -0.15) is 0 Å². The summed E-state index contributed by atoms with van der Waals surface area (Å²) in [6, 6.07) is 15.0. The summed E-state index contributed by atoms with van der Waals surface area (Å²) in [4.78, 5) is 21.8. The average Bonchev–Trinajstić information content (AvgIpc) is 2.47. The van der Waals surface area contributed by atoms with E-state index in [-0.39, 0.29) is 17.5 Å². The maximum absolute atomic E-state index is 11.0. The highest BCUT2D eigenvalue weighted by Gasteiger charge is 2.06. The van der Waals surface area contributed by atoms with Crippen LogP contribution in [0.15, 0.2) is 48.5 Å². The Labute approximate surface area is 129 Å². The number of carbonyl (C=O) groups is 2. The van der Waals surface area contributed by atoms with Crippen molar-refractivity contribution in [3.63, 3.8) is 0 Å². The second-order valence-corrected chi connectivity index (χ2v) is 5.39. The van der Waals surface area contributed by atoms with Crippen molar-refractivity contribution in [3.8, 4) is 11.1 Å². The molecule has 0 aliphatic carbocycles. The first-order valence-electron chi connectivity index (χ1n) is 7.15. The molecule has 4 nitrogen and oxygen atoms in total. The maximum Gasteiger partial charge on any atom is 0.335 e. The summed E-state index contributed by atoms with van der Waals surface area (Å²) in [5.41, 5.74) is 3.44. The average molecular weight is 297 g/mol. The molecule has 1 atom stereocenters. The Morgan fingerprint density at radius 2 is 1.50 bits per heavy atom. The molecule has 0 saturated carbocycles. The van der Waals surface area contributed by atoms with Crippen molar-refractivity contribution in [3.05, 3.63) is 59.7 Å². The van der Waals surface area contributed by atoms with E-state index in [1.165, 1.54) is 6.92 Å². The number of benzene rings is 2. The van der Waals surface area contributed by atoms with Gasteiger partial charge in [0, 0.05) is 13.0 Å². The lowest BCUT2D eigenvalue weighted by atomic mass is 10.0. The third-order valence-corrected chi connectivity index (χ3v) is 3.41. The molecular formula is C18H19NO3. The van der Waals surface area contributed by atoms with Gasteiger partial charge in [-0.3, -0.25) is 4.79 Å². The summed E-state index contributed by atoms with van der Waals surface area (Å²) in [5, 5.41) is 11.8. The molecule has 0 saturated heterocycles. The van der Waals surface area contributed by atoms with Gasteiger partial charge in [0.05, 0.1) is 5.56 Å². The van der Waals surface area contributed by atoms with Crippen LogP contribution in [0.2, 0.25) is 0 Å². The molecule has 0 aliphatic heterocycles. The van der Waals surface area contributed by atoms with E-state index in [1.807, 2.05) is 31.2 Å². The summed E-state index contributed by atoms with van der Waals surface area (Å²) in [7, 11) is 0. The van der Waals surface area contributed by atoms with E-state index >= 15 is 0 Å². The molecule has 0 bridgehead atoms. The zero-order chi connectivity index (χ0) is 16.1. The predicted octanol–water partition coefficient (Wildman–Crippen LogP) is 3.12. The fourth-order valence-corrected chi connectivity index (χ4v) is 2.39. The highest BCUT2D eigenvalue weighted by atomic mass is 16.4.